The molecule has 2 atom stereocenters. The first-order chi connectivity index (χ1) is 6.77. The second kappa shape index (κ2) is 4.25. The van der Waals surface area contributed by atoms with Gasteiger partial charge in [0, 0.05) is 32.7 Å². The fraction of sp³-hybridized carbons (Fsp3) is 0.889. The molecule has 5 heteroatoms. The Morgan fingerprint density at radius 2 is 2.07 bits per heavy atom. The zero-order valence-electron chi connectivity index (χ0n) is 8.20. The molecule has 3 N–H and O–H groups in total. The summed E-state index contributed by atoms with van der Waals surface area (Å²) in [7, 11) is 0. The van der Waals surface area contributed by atoms with Crippen molar-refractivity contribution in [1.29, 1.82) is 0 Å². The lowest BCUT2D eigenvalue weighted by atomic mass is 10.1. The Hall–Kier alpha value is -0.650. The molecule has 0 aliphatic carbocycles. The number of β-amino-alcohol motifs (C(OH)–C–C–N with tert-alkyl or cyclic N) is 1. The monoisotopic (exact) mass is 199 g/mol. The van der Waals surface area contributed by atoms with Gasteiger partial charge in [-0.15, -0.1) is 0 Å². The largest absolute Gasteiger partial charge is 0.392 e. The topological polar surface area (TPSA) is 64.6 Å². The molecular formula is C9H17N3O2. The second-order valence-electron chi connectivity index (χ2n) is 3.93. The van der Waals surface area contributed by atoms with Crippen molar-refractivity contribution in [2.75, 3.05) is 32.7 Å². The van der Waals surface area contributed by atoms with Crippen molar-refractivity contribution in [3.05, 3.63) is 0 Å². The van der Waals surface area contributed by atoms with E-state index in [1.54, 1.807) is 0 Å². The molecule has 80 valence electrons. The van der Waals surface area contributed by atoms with Crippen molar-refractivity contribution < 1.29 is 9.90 Å². The molecule has 0 aromatic heterocycles. The lowest BCUT2D eigenvalue weighted by Crippen LogP contribution is -2.51. The van der Waals surface area contributed by atoms with Crippen molar-refractivity contribution in [3.63, 3.8) is 0 Å². The Kier molecular flexibility index (Phi) is 3.00. The number of rotatable bonds is 1. The predicted octanol–water partition coefficient (Wildman–Crippen LogP) is -1.86. The van der Waals surface area contributed by atoms with E-state index < -0.39 is 0 Å². The first-order valence-corrected chi connectivity index (χ1v) is 5.18. The quantitative estimate of drug-likeness (QED) is 0.463. The lowest BCUT2D eigenvalue weighted by molar-refractivity contribution is -0.133. The van der Waals surface area contributed by atoms with Gasteiger partial charge in [-0.05, 0) is 6.42 Å². The van der Waals surface area contributed by atoms with Gasteiger partial charge in [-0.25, -0.2) is 0 Å². The summed E-state index contributed by atoms with van der Waals surface area (Å²) >= 11 is 0. The van der Waals surface area contributed by atoms with Gasteiger partial charge in [-0.3, -0.25) is 4.79 Å². The summed E-state index contributed by atoms with van der Waals surface area (Å²) in [5.74, 6) is 0.142. The van der Waals surface area contributed by atoms with Crippen LogP contribution in [0.4, 0.5) is 0 Å². The molecule has 2 rings (SSSR count). The molecule has 2 heterocycles. The Morgan fingerprint density at radius 1 is 1.36 bits per heavy atom. The number of aliphatic hydroxyl groups is 1. The molecule has 14 heavy (non-hydrogen) atoms. The highest BCUT2D eigenvalue weighted by Crippen LogP contribution is 2.09. The van der Waals surface area contributed by atoms with Crippen LogP contribution in [0.2, 0.25) is 0 Å². The van der Waals surface area contributed by atoms with E-state index in [0.29, 0.717) is 13.0 Å². The van der Waals surface area contributed by atoms with Gasteiger partial charge in [0.2, 0.25) is 5.91 Å². The average Bonchev–Trinajstić information content (AvgIpc) is 2.65. The number of nitrogens with one attached hydrogen (secondary N) is 2. The second-order valence-corrected chi connectivity index (χ2v) is 3.93. The zero-order valence-corrected chi connectivity index (χ0v) is 8.20. The zero-order chi connectivity index (χ0) is 9.97. The van der Waals surface area contributed by atoms with Crippen LogP contribution in [0.3, 0.4) is 0 Å². The highest BCUT2D eigenvalue weighted by Gasteiger charge is 2.31. The van der Waals surface area contributed by atoms with Crippen LogP contribution in [0.25, 0.3) is 0 Å². The molecule has 2 aliphatic heterocycles. The summed E-state index contributed by atoms with van der Waals surface area (Å²) in [4.78, 5) is 13.7. The number of piperazine rings is 1. The van der Waals surface area contributed by atoms with Crippen LogP contribution >= 0.6 is 0 Å². The van der Waals surface area contributed by atoms with E-state index in [9.17, 15) is 9.90 Å². The minimum absolute atomic E-state index is 0.142. The highest BCUT2D eigenvalue weighted by atomic mass is 16.3. The first-order valence-electron chi connectivity index (χ1n) is 5.18. The minimum Gasteiger partial charge on any atom is -0.392 e. The standard InChI is InChI=1S/C9H17N3O2/c13-7-5-8(11-6-7)9(14)12-3-1-10-2-4-12/h7-8,10-11,13H,1-6H2. The third-order valence-corrected chi connectivity index (χ3v) is 2.83. The molecule has 2 unspecified atom stereocenters. The van der Waals surface area contributed by atoms with Crippen LogP contribution < -0.4 is 10.6 Å². The summed E-state index contributed by atoms with van der Waals surface area (Å²) < 4.78 is 0. The van der Waals surface area contributed by atoms with Gasteiger partial charge in [0.15, 0.2) is 0 Å². The van der Waals surface area contributed by atoms with Gasteiger partial charge >= 0.3 is 0 Å². The molecule has 0 bridgehead atoms. The van der Waals surface area contributed by atoms with E-state index in [4.69, 9.17) is 0 Å². The molecule has 2 aliphatic rings. The Bertz CT molecular complexity index is 209. The molecule has 0 spiro atoms. The van der Waals surface area contributed by atoms with Crippen LogP contribution in [0, 0.1) is 0 Å². The third-order valence-electron chi connectivity index (χ3n) is 2.83. The SMILES string of the molecule is O=C(C1CC(O)CN1)N1CCNCC1. The van der Waals surface area contributed by atoms with E-state index in [1.807, 2.05) is 4.90 Å². The average molecular weight is 199 g/mol. The summed E-state index contributed by atoms with van der Waals surface area (Å²) in [5, 5.41) is 15.5. The van der Waals surface area contributed by atoms with Gasteiger partial charge in [-0.2, -0.15) is 0 Å². The summed E-state index contributed by atoms with van der Waals surface area (Å²) in [5.41, 5.74) is 0. The number of hydrogen-bond donors (Lipinski definition) is 3. The molecule has 2 fully saturated rings. The van der Waals surface area contributed by atoms with Crippen LogP contribution in [0.5, 0.6) is 0 Å². The van der Waals surface area contributed by atoms with Crippen molar-refractivity contribution in [2.45, 2.75) is 18.6 Å². The fourth-order valence-electron chi connectivity index (χ4n) is 2.01. The van der Waals surface area contributed by atoms with E-state index in [-0.39, 0.29) is 18.1 Å². The maximum absolute atomic E-state index is 11.9. The van der Waals surface area contributed by atoms with E-state index in [2.05, 4.69) is 10.6 Å². The molecule has 5 nitrogen and oxygen atoms in total. The first kappa shape index (κ1) is 9.89. The van der Waals surface area contributed by atoms with Gasteiger partial charge in [0.1, 0.15) is 0 Å². The van der Waals surface area contributed by atoms with Gasteiger partial charge in [0.25, 0.3) is 0 Å². The van der Waals surface area contributed by atoms with Gasteiger partial charge in [-0.1, -0.05) is 0 Å². The molecule has 0 aromatic carbocycles. The van der Waals surface area contributed by atoms with Gasteiger partial charge < -0.3 is 20.6 Å². The van der Waals surface area contributed by atoms with Crippen LogP contribution in [-0.2, 0) is 4.79 Å². The van der Waals surface area contributed by atoms with Crippen LogP contribution in [0.1, 0.15) is 6.42 Å². The predicted molar refractivity (Wildman–Crippen MR) is 51.9 cm³/mol. The Labute approximate surface area is 83.5 Å². The summed E-state index contributed by atoms with van der Waals surface area (Å²) in [6.07, 6.45) is 0.204. The summed E-state index contributed by atoms with van der Waals surface area (Å²) in [6, 6.07) is -0.164. The number of carbonyl (C=O) groups is 1. The van der Waals surface area contributed by atoms with Crippen molar-refractivity contribution in [3.8, 4) is 0 Å². The maximum atomic E-state index is 11.9. The number of amides is 1. The number of aliphatic hydroxyl groups excluding tert-OH is 1. The highest BCUT2D eigenvalue weighted by molar-refractivity contribution is 5.82. The van der Waals surface area contributed by atoms with E-state index in [0.717, 1.165) is 26.2 Å². The third kappa shape index (κ3) is 2.05. The van der Waals surface area contributed by atoms with Crippen molar-refractivity contribution in [1.82, 2.24) is 15.5 Å². The Morgan fingerprint density at radius 3 is 2.64 bits per heavy atom. The number of nitrogens with zero attached hydrogens (tertiary/aromatic N) is 1. The minimum atomic E-state index is -0.355. The molecule has 0 radical (unpaired) electrons. The van der Waals surface area contributed by atoms with Gasteiger partial charge in [0.05, 0.1) is 12.1 Å². The maximum Gasteiger partial charge on any atom is 0.239 e. The molecule has 0 aromatic rings. The summed E-state index contributed by atoms with van der Waals surface area (Å²) in [6.45, 7) is 3.87. The van der Waals surface area contributed by atoms with Crippen molar-refractivity contribution >= 4 is 5.91 Å². The smallest absolute Gasteiger partial charge is 0.239 e. The molecule has 1 amide bonds. The number of hydrogen-bond acceptors (Lipinski definition) is 4. The van der Waals surface area contributed by atoms with Crippen LogP contribution in [-0.4, -0.2) is 60.8 Å². The van der Waals surface area contributed by atoms with Crippen molar-refractivity contribution in [2.24, 2.45) is 0 Å². The molecular weight excluding hydrogens is 182 g/mol. The van der Waals surface area contributed by atoms with E-state index in [1.165, 1.54) is 0 Å². The normalized spacial score (nSPS) is 33.4. The molecule has 0 saturated carbocycles. The van der Waals surface area contributed by atoms with E-state index >= 15 is 0 Å². The Balaban J connectivity index is 1.87. The van der Waals surface area contributed by atoms with Crippen LogP contribution in [0.15, 0.2) is 0 Å². The fourth-order valence-corrected chi connectivity index (χ4v) is 2.01. The lowest BCUT2D eigenvalue weighted by Gasteiger charge is -2.29. The number of carbonyl (C=O) groups excluding carboxylic acids is 1. The molecule has 2 saturated heterocycles.